The third-order valence-electron chi connectivity index (χ3n) is 2.24. The van der Waals surface area contributed by atoms with Crippen molar-refractivity contribution in [1.29, 1.82) is 0 Å². The summed E-state index contributed by atoms with van der Waals surface area (Å²) in [5.41, 5.74) is 0.661. The van der Waals surface area contributed by atoms with Gasteiger partial charge in [-0.25, -0.2) is 0 Å². The number of rotatable bonds is 8. The van der Waals surface area contributed by atoms with E-state index in [1.54, 1.807) is 25.1 Å². The van der Waals surface area contributed by atoms with E-state index in [-0.39, 0.29) is 19.8 Å². The fourth-order valence-corrected chi connectivity index (χ4v) is 1.44. The SMILES string of the molecule is CCOc1cc(CO)ccc1OCCOCC(F)(F)F. The van der Waals surface area contributed by atoms with Crippen LogP contribution in [0.25, 0.3) is 0 Å². The summed E-state index contributed by atoms with van der Waals surface area (Å²) < 4.78 is 50.6. The first-order chi connectivity index (χ1) is 9.46. The molecule has 1 N–H and O–H groups in total. The zero-order chi connectivity index (χ0) is 15.0. The fourth-order valence-electron chi connectivity index (χ4n) is 1.44. The molecule has 0 spiro atoms. The summed E-state index contributed by atoms with van der Waals surface area (Å²) >= 11 is 0. The van der Waals surface area contributed by atoms with Crippen LogP contribution >= 0.6 is 0 Å². The van der Waals surface area contributed by atoms with Crippen LogP contribution in [0, 0.1) is 0 Å². The maximum absolute atomic E-state index is 11.8. The van der Waals surface area contributed by atoms with Gasteiger partial charge in [0.1, 0.15) is 13.2 Å². The molecule has 0 radical (unpaired) electrons. The number of aliphatic hydroxyl groups excluding tert-OH is 1. The smallest absolute Gasteiger partial charge is 0.411 e. The second-order valence-corrected chi connectivity index (χ2v) is 3.89. The summed E-state index contributed by atoms with van der Waals surface area (Å²) in [5, 5.41) is 9.02. The van der Waals surface area contributed by atoms with Crippen molar-refractivity contribution in [2.45, 2.75) is 19.7 Å². The van der Waals surface area contributed by atoms with Crippen LogP contribution in [-0.4, -0.2) is 37.7 Å². The molecule has 0 fully saturated rings. The van der Waals surface area contributed by atoms with Gasteiger partial charge in [0.15, 0.2) is 11.5 Å². The minimum Gasteiger partial charge on any atom is -0.490 e. The molecule has 0 aliphatic rings. The molecule has 0 aliphatic carbocycles. The maximum atomic E-state index is 11.8. The fraction of sp³-hybridized carbons (Fsp3) is 0.538. The van der Waals surface area contributed by atoms with E-state index in [0.29, 0.717) is 23.7 Å². The molecule has 0 bridgehead atoms. The Morgan fingerprint density at radius 1 is 1.10 bits per heavy atom. The van der Waals surface area contributed by atoms with E-state index in [2.05, 4.69) is 4.74 Å². The Kier molecular flexibility index (Phi) is 6.60. The second kappa shape index (κ2) is 7.96. The normalized spacial score (nSPS) is 11.4. The summed E-state index contributed by atoms with van der Waals surface area (Å²) in [7, 11) is 0. The lowest BCUT2D eigenvalue weighted by Crippen LogP contribution is -2.19. The lowest BCUT2D eigenvalue weighted by atomic mass is 10.2. The highest BCUT2D eigenvalue weighted by atomic mass is 19.4. The zero-order valence-corrected chi connectivity index (χ0v) is 11.1. The molecule has 0 heterocycles. The van der Waals surface area contributed by atoms with E-state index in [1.165, 1.54) is 0 Å². The van der Waals surface area contributed by atoms with Gasteiger partial charge in [0.25, 0.3) is 0 Å². The average molecular weight is 294 g/mol. The number of hydrogen-bond donors (Lipinski definition) is 1. The summed E-state index contributed by atoms with van der Waals surface area (Å²) in [6, 6.07) is 4.87. The molecular weight excluding hydrogens is 277 g/mol. The van der Waals surface area contributed by atoms with Crippen molar-refractivity contribution < 1.29 is 32.5 Å². The van der Waals surface area contributed by atoms with Gasteiger partial charge in [-0.05, 0) is 24.6 Å². The second-order valence-electron chi connectivity index (χ2n) is 3.89. The van der Waals surface area contributed by atoms with Crippen LogP contribution in [0.3, 0.4) is 0 Å². The molecule has 1 rings (SSSR count). The van der Waals surface area contributed by atoms with Crippen molar-refractivity contribution in [1.82, 2.24) is 0 Å². The largest absolute Gasteiger partial charge is 0.490 e. The number of alkyl halides is 3. The molecule has 0 saturated carbocycles. The molecule has 7 heteroatoms. The first-order valence-corrected chi connectivity index (χ1v) is 6.10. The minimum atomic E-state index is -4.33. The highest BCUT2D eigenvalue weighted by molar-refractivity contribution is 5.42. The van der Waals surface area contributed by atoms with Crippen LogP contribution in [-0.2, 0) is 11.3 Å². The highest BCUT2D eigenvalue weighted by Crippen LogP contribution is 2.28. The molecule has 0 amide bonds. The average Bonchev–Trinajstić information content (AvgIpc) is 2.38. The lowest BCUT2D eigenvalue weighted by molar-refractivity contribution is -0.175. The van der Waals surface area contributed by atoms with Gasteiger partial charge in [-0.15, -0.1) is 0 Å². The molecule has 1 aromatic rings. The standard InChI is InChI=1S/C13H17F3O4/c1-2-19-12-7-10(8-17)3-4-11(12)20-6-5-18-9-13(14,15)16/h3-4,7,17H,2,5-6,8-9H2,1H3. The van der Waals surface area contributed by atoms with Crippen molar-refractivity contribution in [3.05, 3.63) is 23.8 Å². The highest BCUT2D eigenvalue weighted by Gasteiger charge is 2.27. The van der Waals surface area contributed by atoms with Crippen LogP contribution in [0.5, 0.6) is 11.5 Å². The van der Waals surface area contributed by atoms with Gasteiger partial charge in [-0.3, -0.25) is 0 Å². The zero-order valence-electron chi connectivity index (χ0n) is 11.1. The summed E-state index contributed by atoms with van der Waals surface area (Å²) in [6.07, 6.45) is -4.33. The Morgan fingerprint density at radius 2 is 1.85 bits per heavy atom. The van der Waals surface area contributed by atoms with Crippen molar-refractivity contribution in [2.24, 2.45) is 0 Å². The van der Waals surface area contributed by atoms with Crippen molar-refractivity contribution in [3.8, 4) is 11.5 Å². The van der Waals surface area contributed by atoms with E-state index in [9.17, 15) is 13.2 Å². The Bertz CT molecular complexity index is 407. The van der Waals surface area contributed by atoms with Crippen LogP contribution in [0.1, 0.15) is 12.5 Å². The Balaban J connectivity index is 2.46. The van der Waals surface area contributed by atoms with E-state index in [4.69, 9.17) is 14.6 Å². The third kappa shape index (κ3) is 6.12. The van der Waals surface area contributed by atoms with Crippen LogP contribution in [0.15, 0.2) is 18.2 Å². The third-order valence-corrected chi connectivity index (χ3v) is 2.24. The number of halogens is 3. The molecular formula is C13H17F3O4. The minimum absolute atomic E-state index is 0.0192. The molecule has 114 valence electrons. The molecule has 0 aliphatic heterocycles. The topological polar surface area (TPSA) is 47.9 Å². The van der Waals surface area contributed by atoms with Gasteiger partial charge < -0.3 is 19.3 Å². The van der Waals surface area contributed by atoms with E-state index in [0.717, 1.165) is 0 Å². The molecule has 0 unspecified atom stereocenters. The molecule has 0 saturated heterocycles. The first-order valence-electron chi connectivity index (χ1n) is 6.10. The van der Waals surface area contributed by atoms with Gasteiger partial charge in [0.2, 0.25) is 0 Å². The van der Waals surface area contributed by atoms with Gasteiger partial charge >= 0.3 is 6.18 Å². The van der Waals surface area contributed by atoms with E-state index < -0.39 is 12.8 Å². The van der Waals surface area contributed by atoms with Crippen LogP contribution < -0.4 is 9.47 Å². The van der Waals surface area contributed by atoms with Crippen LogP contribution in [0.4, 0.5) is 13.2 Å². The van der Waals surface area contributed by atoms with Gasteiger partial charge in [-0.2, -0.15) is 13.2 Å². The number of hydrogen-bond acceptors (Lipinski definition) is 4. The summed E-state index contributed by atoms with van der Waals surface area (Å²) in [6.45, 7) is 0.590. The van der Waals surface area contributed by atoms with E-state index >= 15 is 0 Å². The first kappa shape index (κ1) is 16.6. The number of ether oxygens (including phenoxy) is 3. The van der Waals surface area contributed by atoms with Crippen molar-refractivity contribution in [3.63, 3.8) is 0 Å². The molecule has 20 heavy (non-hydrogen) atoms. The molecule has 1 aromatic carbocycles. The summed E-state index contributed by atoms with van der Waals surface area (Å²) in [4.78, 5) is 0. The van der Waals surface area contributed by atoms with Gasteiger partial charge in [0, 0.05) is 0 Å². The predicted octanol–water partition coefficient (Wildman–Crippen LogP) is 2.54. The Labute approximate surface area is 115 Å². The van der Waals surface area contributed by atoms with Gasteiger partial charge in [-0.1, -0.05) is 6.07 Å². The van der Waals surface area contributed by atoms with Crippen molar-refractivity contribution in [2.75, 3.05) is 26.4 Å². The lowest BCUT2D eigenvalue weighted by Gasteiger charge is -2.13. The Hall–Kier alpha value is -1.47. The van der Waals surface area contributed by atoms with E-state index in [1.807, 2.05) is 0 Å². The monoisotopic (exact) mass is 294 g/mol. The molecule has 0 aromatic heterocycles. The number of aliphatic hydroxyl groups is 1. The number of benzene rings is 1. The van der Waals surface area contributed by atoms with Crippen LogP contribution in [0.2, 0.25) is 0 Å². The van der Waals surface area contributed by atoms with Gasteiger partial charge in [0.05, 0.1) is 19.8 Å². The van der Waals surface area contributed by atoms with Crippen molar-refractivity contribution >= 4 is 0 Å². The summed E-state index contributed by atoms with van der Waals surface area (Å²) in [5.74, 6) is 0.842. The Morgan fingerprint density at radius 3 is 2.45 bits per heavy atom. The maximum Gasteiger partial charge on any atom is 0.411 e. The predicted molar refractivity (Wildman–Crippen MR) is 65.9 cm³/mol. The molecule has 4 nitrogen and oxygen atoms in total. The molecule has 0 atom stereocenters. The quantitative estimate of drug-likeness (QED) is 0.749.